The van der Waals surface area contributed by atoms with Crippen LogP contribution < -0.4 is 5.43 Å². The molecular formula is C29H21BrCl3N7S. The van der Waals surface area contributed by atoms with Gasteiger partial charge in [0.2, 0.25) is 0 Å². The van der Waals surface area contributed by atoms with E-state index in [1.54, 1.807) is 28.8 Å². The van der Waals surface area contributed by atoms with Gasteiger partial charge in [0.25, 0.3) is 0 Å². The van der Waals surface area contributed by atoms with Gasteiger partial charge >= 0.3 is 0 Å². The van der Waals surface area contributed by atoms with Gasteiger partial charge in [-0.25, -0.2) is 14.6 Å². The van der Waals surface area contributed by atoms with Crippen molar-refractivity contribution in [2.24, 2.45) is 5.10 Å². The van der Waals surface area contributed by atoms with Gasteiger partial charge in [-0.1, -0.05) is 74.6 Å². The van der Waals surface area contributed by atoms with E-state index in [1.165, 1.54) is 11.9 Å². The van der Waals surface area contributed by atoms with Gasteiger partial charge in [-0.3, -0.25) is 9.99 Å². The number of nitrogens with one attached hydrogen (secondary N) is 1. The Kier molecular flexibility index (Phi) is 7.11. The van der Waals surface area contributed by atoms with Crippen molar-refractivity contribution in [3.8, 4) is 17.1 Å². The first-order chi connectivity index (χ1) is 19.9. The smallest absolute Gasteiger partial charge is 0.147 e. The fraction of sp³-hybridized carbons (Fsp3) is 0.172. The van der Waals surface area contributed by atoms with Crippen LogP contribution >= 0.6 is 62.5 Å². The second kappa shape index (κ2) is 10.8. The molecule has 0 saturated heterocycles. The Labute approximate surface area is 264 Å². The van der Waals surface area contributed by atoms with Crippen molar-refractivity contribution in [2.75, 3.05) is 0 Å². The van der Waals surface area contributed by atoms with Crippen molar-refractivity contribution in [3.05, 3.63) is 116 Å². The van der Waals surface area contributed by atoms with Crippen molar-refractivity contribution < 1.29 is 0 Å². The monoisotopic (exact) mass is 683 g/mol. The van der Waals surface area contributed by atoms with Gasteiger partial charge in [0.05, 0.1) is 17.3 Å². The summed E-state index contributed by atoms with van der Waals surface area (Å²) in [7, 11) is 0. The number of hydrazone groups is 1. The highest BCUT2D eigenvalue weighted by molar-refractivity contribution is 9.10. The number of thioether (sulfide) groups is 1. The van der Waals surface area contributed by atoms with Crippen LogP contribution in [-0.2, 0) is 12.0 Å². The van der Waals surface area contributed by atoms with E-state index < -0.39 is 0 Å². The molecule has 2 aromatic heterocycles. The van der Waals surface area contributed by atoms with E-state index in [2.05, 4.69) is 48.1 Å². The molecule has 1 aliphatic heterocycles. The van der Waals surface area contributed by atoms with E-state index in [0.717, 1.165) is 50.0 Å². The van der Waals surface area contributed by atoms with Gasteiger partial charge < -0.3 is 0 Å². The molecule has 1 N–H and O–H groups in total. The van der Waals surface area contributed by atoms with E-state index >= 15 is 0 Å². The Morgan fingerprint density at radius 1 is 0.976 bits per heavy atom. The number of aromatic nitrogens is 5. The molecule has 0 radical (unpaired) electrons. The Morgan fingerprint density at radius 2 is 1.73 bits per heavy atom. The normalized spacial score (nSPS) is 17.4. The van der Waals surface area contributed by atoms with Gasteiger partial charge in [0, 0.05) is 31.2 Å². The average Bonchev–Trinajstić information content (AvgIpc) is 3.29. The van der Waals surface area contributed by atoms with E-state index in [0.29, 0.717) is 22.4 Å². The second-order valence-electron chi connectivity index (χ2n) is 9.97. The van der Waals surface area contributed by atoms with Crippen molar-refractivity contribution in [1.82, 2.24) is 29.7 Å². The highest BCUT2D eigenvalue weighted by atomic mass is 79.9. The largest absolute Gasteiger partial charge is 0.295 e. The van der Waals surface area contributed by atoms with Gasteiger partial charge in [-0.2, -0.15) is 10.2 Å². The maximum Gasteiger partial charge on any atom is 0.147 e. The van der Waals surface area contributed by atoms with Crippen molar-refractivity contribution in [2.45, 2.75) is 30.2 Å². The summed E-state index contributed by atoms with van der Waals surface area (Å²) < 4.78 is 4.87. The van der Waals surface area contributed by atoms with E-state index in [9.17, 15) is 0 Å². The summed E-state index contributed by atoms with van der Waals surface area (Å²) in [4.78, 5) is 9.37. The number of benzene rings is 3. The third kappa shape index (κ3) is 5.08. The lowest BCUT2D eigenvalue weighted by Crippen LogP contribution is -2.31. The molecule has 5 aromatic rings. The summed E-state index contributed by atoms with van der Waals surface area (Å²) in [5.41, 5.74) is 8.04. The van der Waals surface area contributed by atoms with Gasteiger partial charge in [0.15, 0.2) is 0 Å². The number of rotatable bonds is 7. The maximum atomic E-state index is 6.75. The van der Waals surface area contributed by atoms with Crippen molar-refractivity contribution in [3.63, 3.8) is 0 Å². The summed E-state index contributed by atoms with van der Waals surface area (Å²) in [6.07, 6.45) is 5.38. The minimum absolute atomic E-state index is 0.0108. The van der Waals surface area contributed by atoms with Gasteiger partial charge in [-0.15, -0.1) is 0 Å². The first-order valence-electron chi connectivity index (χ1n) is 12.8. The van der Waals surface area contributed by atoms with E-state index in [1.807, 2.05) is 48.5 Å². The Bertz CT molecular complexity index is 1770. The molecule has 206 valence electrons. The molecule has 1 aliphatic carbocycles. The van der Waals surface area contributed by atoms with Crippen LogP contribution in [0.4, 0.5) is 0 Å². The summed E-state index contributed by atoms with van der Waals surface area (Å²) in [5, 5.41) is 11.9. The van der Waals surface area contributed by atoms with Crippen LogP contribution in [0, 0.1) is 0 Å². The predicted octanol–water partition coefficient (Wildman–Crippen LogP) is 7.96. The maximum absolute atomic E-state index is 6.75. The van der Waals surface area contributed by atoms with Crippen LogP contribution in [0.3, 0.4) is 0 Å². The summed E-state index contributed by atoms with van der Waals surface area (Å²) in [6, 6.07) is 21.7. The van der Waals surface area contributed by atoms with Crippen LogP contribution in [0.5, 0.6) is 0 Å². The van der Waals surface area contributed by atoms with Gasteiger partial charge in [-0.05, 0) is 73.0 Å². The topological polar surface area (TPSA) is 72.9 Å². The first kappa shape index (κ1) is 27.0. The molecule has 3 heterocycles. The van der Waals surface area contributed by atoms with Crippen molar-refractivity contribution in [1.29, 1.82) is 0 Å². The number of imidazole rings is 1. The standard InChI is InChI=1S/C29H21BrCl3N7S/c30-18-3-8-21(9-4-18)40-24(14-39-16-34-15-35-39)25(36-26(40)22-10-7-20(32)13-23(22)33)27-37-38-28(41-27)29(11-12-29)17-1-5-19(31)6-2-17/h1-10,13,15-16,28,38H,11-12,14H2. The molecule has 12 heteroatoms. The number of halogens is 4. The SMILES string of the molecule is Clc1ccc(C2(C3NN=C(c4nc(-c5ccc(Cl)cc5Cl)n(-c5ccc(Br)cc5)c4Cn4cncn4)S3)CC2)cc1. The highest BCUT2D eigenvalue weighted by Gasteiger charge is 2.53. The fourth-order valence-electron chi connectivity index (χ4n) is 5.20. The second-order valence-corrected chi connectivity index (χ2v) is 13.3. The van der Waals surface area contributed by atoms with E-state index in [4.69, 9.17) is 44.9 Å². The Balaban J connectivity index is 1.35. The molecule has 3 aromatic carbocycles. The highest BCUT2D eigenvalue weighted by Crippen LogP contribution is 2.55. The number of hydrogen-bond donors (Lipinski definition) is 1. The van der Waals surface area contributed by atoms with Crippen LogP contribution in [0.1, 0.15) is 29.8 Å². The molecule has 1 unspecified atom stereocenters. The van der Waals surface area contributed by atoms with Crippen molar-refractivity contribution >= 4 is 67.5 Å². The summed E-state index contributed by atoms with van der Waals surface area (Å²) in [5.74, 6) is 0.685. The Hall–Kier alpha value is -2.82. The minimum atomic E-state index is -0.0108. The third-order valence-corrected chi connectivity index (χ3v) is 10.1. The quantitative estimate of drug-likeness (QED) is 0.188. The molecule has 1 saturated carbocycles. The lowest BCUT2D eigenvalue weighted by Gasteiger charge is -2.22. The van der Waals surface area contributed by atoms with Crippen LogP contribution in [0.15, 0.2) is 89.0 Å². The Morgan fingerprint density at radius 3 is 2.41 bits per heavy atom. The number of hydrogen-bond acceptors (Lipinski definition) is 6. The lowest BCUT2D eigenvalue weighted by molar-refractivity contribution is 0.562. The molecule has 0 amide bonds. The van der Waals surface area contributed by atoms with Crippen LogP contribution in [0.25, 0.3) is 17.1 Å². The zero-order valence-corrected chi connectivity index (χ0v) is 26.0. The third-order valence-electron chi connectivity index (χ3n) is 7.43. The van der Waals surface area contributed by atoms with Gasteiger partial charge in [0.1, 0.15) is 34.6 Å². The average molecular weight is 686 g/mol. The molecule has 0 bridgehead atoms. The van der Waals surface area contributed by atoms with Crippen LogP contribution in [-0.4, -0.2) is 34.7 Å². The van der Waals surface area contributed by atoms with Crippen LogP contribution in [0.2, 0.25) is 15.1 Å². The fourth-order valence-corrected chi connectivity index (χ4v) is 7.39. The molecule has 7 nitrogen and oxygen atoms in total. The molecule has 1 fully saturated rings. The molecule has 0 spiro atoms. The molecule has 1 atom stereocenters. The molecule has 7 rings (SSSR count). The molecule has 41 heavy (non-hydrogen) atoms. The minimum Gasteiger partial charge on any atom is -0.295 e. The predicted molar refractivity (Wildman–Crippen MR) is 169 cm³/mol. The summed E-state index contributed by atoms with van der Waals surface area (Å²) >= 11 is 24.5. The number of nitrogens with zero attached hydrogens (tertiary/aromatic N) is 6. The summed E-state index contributed by atoms with van der Waals surface area (Å²) in [6.45, 7) is 0.427. The lowest BCUT2D eigenvalue weighted by atomic mass is 9.96. The van der Waals surface area contributed by atoms with E-state index in [-0.39, 0.29) is 10.8 Å². The molecule has 2 aliphatic rings. The zero-order chi connectivity index (χ0) is 28.1. The molecular weight excluding hydrogens is 665 g/mol. The first-order valence-corrected chi connectivity index (χ1v) is 15.6. The zero-order valence-electron chi connectivity index (χ0n) is 21.3.